The van der Waals surface area contributed by atoms with Gasteiger partial charge in [-0.2, -0.15) is 0 Å². The summed E-state index contributed by atoms with van der Waals surface area (Å²) in [5.74, 6) is -4.13. The zero-order valence-electron chi connectivity index (χ0n) is 30.2. The molecule has 3 heterocycles. The van der Waals surface area contributed by atoms with Gasteiger partial charge in [0.1, 0.15) is 66.4 Å². The maximum Gasteiger partial charge on any atom is 0.229 e. The van der Waals surface area contributed by atoms with Gasteiger partial charge in [-0.05, 0) is 64.7 Å². The molecule has 2 saturated heterocycles. The molecule has 4 aromatic carbocycles. The molecule has 0 radical (unpaired) electrons. The number of benzene rings is 4. The molecule has 13 N–H and O–H groups in total. The standard InChI is InChI=1S/C40H42O18/c41-14-25-29(48)31(50)33(52)39(54-25)57-36-22(45)12-19(13-23(36)46)28-27-18(4-1-16-2-7-20(43)8-3-16)11-24(47)37(38(27)56-35(28)17-5-9-21(44)10-6-17)58-40-34(53)32(51)30(49)26(15-42)55-40/h1-13,25-26,28-35,39-53H,14-15H2. The van der Waals surface area contributed by atoms with E-state index < -0.39 is 115 Å². The predicted molar refractivity (Wildman–Crippen MR) is 197 cm³/mol. The van der Waals surface area contributed by atoms with Crippen LogP contribution < -0.4 is 14.2 Å². The number of hydrogen-bond acceptors (Lipinski definition) is 18. The second-order valence-corrected chi connectivity index (χ2v) is 14.1. The van der Waals surface area contributed by atoms with E-state index in [4.69, 9.17) is 23.7 Å². The monoisotopic (exact) mass is 810 g/mol. The van der Waals surface area contributed by atoms with Crippen LogP contribution in [0.15, 0.2) is 66.7 Å². The third-order valence-electron chi connectivity index (χ3n) is 10.3. The van der Waals surface area contributed by atoms with E-state index in [1.165, 1.54) is 42.5 Å². The van der Waals surface area contributed by atoms with E-state index in [-0.39, 0.29) is 28.4 Å². The van der Waals surface area contributed by atoms with Crippen molar-refractivity contribution in [2.24, 2.45) is 0 Å². The number of phenols is 5. The molecule has 310 valence electrons. The average molecular weight is 811 g/mol. The lowest BCUT2D eigenvalue weighted by Crippen LogP contribution is -2.60. The molecule has 12 unspecified atom stereocenters. The van der Waals surface area contributed by atoms with E-state index >= 15 is 0 Å². The Labute approximate surface area is 329 Å². The Hall–Kier alpha value is -5.38. The Kier molecular flexibility index (Phi) is 11.6. The summed E-state index contributed by atoms with van der Waals surface area (Å²) in [6, 6.07) is 15.7. The zero-order valence-corrected chi connectivity index (χ0v) is 30.2. The Morgan fingerprint density at radius 3 is 1.53 bits per heavy atom. The summed E-state index contributed by atoms with van der Waals surface area (Å²) in [7, 11) is 0. The quantitative estimate of drug-likeness (QED) is 0.0939. The number of aliphatic hydroxyl groups excluding tert-OH is 8. The molecule has 18 heteroatoms. The van der Waals surface area contributed by atoms with Crippen molar-refractivity contribution in [3.63, 3.8) is 0 Å². The van der Waals surface area contributed by atoms with Gasteiger partial charge in [0.25, 0.3) is 0 Å². The SMILES string of the molecule is OCC1OC(Oc2c(O)cc(C3c4c(C=Cc5ccc(O)cc5)cc(O)c(OC5OC(CO)C(O)C(O)C5O)c4OC3c3ccc(O)cc3)cc2O)C(O)C(O)C1O. The molecule has 12 atom stereocenters. The predicted octanol–water partition coefficient (Wildman–Crippen LogP) is 0.00800. The lowest BCUT2D eigenvalue weighted by molar-refractivity contribution is -0.277. The van der Waals surface area contributed by atoms with Gasteiger partial charge in [-0.3, -0.25) is 0 Å². The van der Waals surface area contributed by atoms with Gasteiger partial charge in [0.15, 0.2) is 23.0 Å². The molecule has 2 fully saturated rings. The third kappa shape index (κ3) is 7.65. The number of hydrogen-bond donors (Lipinski definition) is 13. The highest BCUT2D eigenvalue weighted by Crippen LogP contribution is 2.59. The van der Waals surface area contributed by atoms with E-state index in [0.717, 1.165) is 0 Å². The number of aromatic hydroxyl groups is 5. The van der Waals surface area contributed by atoms with Crippen LogP contribution in [0, 0.1) is 0 Å². The fraction of sp³-hybridized carbons (Fsp3) is 0.350. The molecule has 18 nitrogen and oxygen atoms in total. The summed E-state index contributed by atoms with van der Waals surface area (Å²) in [6.45, 7) is -1.52. The van der Waals surface area contributed by atoms with Crippen LogP contribution in [-0.2, 0) is 9.47 Å². The first-order valence-corrected chi connectivity index (χ1v) is 18.0. The van der Waals surface area contributed by atoms with E-state index in [2.05, 4.69) is 0 Å². The fourth-order valence-electron chi connectivity index (χ4n) is 7.22. The second-order valence-electron chi connectivity index (χ2n) is 14.1. The first kappa shape index (κ1) is 40.8. The highest BCUT2D eigenvalue weighted by atomic mass is 16.7. The molecule has 0 aliphatic carbocycles. The van der Waals surface area contributed by atoms with Crippen LogP contribution in [0.2, 0.25) is 0 Å². The van der Waals surface area contributed by atoms with Crippen LogP contribution in [0.25, 0.3) is 12.2 Å². The second kappa shape index (κ2) is 16.5. The van der Waals surface area contributed by atoms with Crippen molar-refractivity contribution in [1.29, 1.82) is 0 Å². The average Bonchev–Trinajstić information content (AvgIpc) is 3.61. The summed E-state index contributed by atoms with van der Waals surface area (Å²) in [6.07, 6.45) is -14.9. The Morgan fingerprint density at radius 2 is 1.02 bits per heavy atom. The van der Waals surface area contributed by atoms with Crippen LogP contribution in [-0.4, -0.2) is 141 Å². The van der Waals surface area contributed by atoms with Crippen molar-refractivity contribution in [1.82, 2.24) is 0 Å². The minimum atomic E-state index is -1.88. The number of ether oxygens (including phenoxy) is 5. The van der Waals surface area contributed by atoms with Crippen LogP contribution in [0.4, 0.5) is 0 Å². The molecule has 0 amide bonds. The Balaban J connectivity index is 1.36. The van der Waals surface area contributed by atoms with Crippen molar-refractivity contribution in [2.45, 2.75) is 73.4 Å². The molecule has 4 aromatic rings. The molecular weight excluding hydrogens is 768 g/mol. The van der Waals surface area contributed by atoms with E-state index in [1.54, 1.807) is 36.4 Å². The van der Waals surface area contributed by atoms with Gasteiger partial charge in [-0.25, -0.2) is 0 Å². The normalized spacial score (nSPS) is 30.8. The summed E-state index contributed by atoms with van der Waals surface area (Å²) in [5.41, 5.74) is 1.80. The van der Waals surface area contributed by atoms with E-state index in [1.807, 2.05) is 0 Å². The number of phenolic OH excluding ortho intramolecular Hbond substituents is 5. The molecule has 0 spiro atoms. The van der Waals surface area contributed by atoms with Gasteiger partial charge in [0, 0.05) is 5.56 Å². The Bertz CT molecular complexity index is 2080. The van der Waals surface area contributed by atoms with Crippen molar-refractivity contribution < 1.29 is 90.1 Å². The first-order valence-electron chi connectivity index (χ1n) is 18.0. The molecule has 58 heavy (non-hydrogen) atoms. The minimum Gasteiger partial charge on any atom is -0.508 e. The highest BCUT2D eigenvalue weighted by Gasteiger charge is 2.48. The van der Waals surface area contributed by atoms with Gasteiger partial charge < -0.3 is 90.1 Å². The van der Waals surface area contributed by atoms with Gasteiger partial charge in [-0.15, -0.1) is 0 Å². The summed E-state index contributed by atoms with van der Waals surface area (Å²) in [5, 5.41) is 136. The topological polar surface area (TPSA) is 309 Å². The maximum absolute atomic E-state index is 11.5. The molecule has 3 aliphatic rings. The van der Waals surface area contributed by atoms with Gasteiger partial charge >= 0.3 is 0 Å². The van der Waals surface area contributed by atoms with Gasteiger partial charge in [0.05, 0.1) is 19.1 Å². The molecular formula is C40H42O18. The molecule has 7 rings (SSSR count). The summed E-state index contributed by atoms with van der Waals surface area (Å²) < 4.78 is 29.0. The van der Waals surface area contributed by atoms with Crippen molar-refractivity contribution in [2.75, 3.05) is 13.2 Å². The van der Waals surface area contributed by atoms with Crippen molar-refractivity contribution >= 4 is 12.2 Å². The highest BCUT2D eigenvalue weighted by molar-refractivity contribution is 5.78. The lowest BCUT2D eigenvalue weighted by Gasteiger charge is -2.39. The van der Waals surface area contributed by atoms with Crippen molar-refractivity contribution in [3.05, 3.63) is 94.5 Å². The van der Waals surface area contributed by atoms with Gasteiger partial charge in [-0.1, -0.05) is 36.4 Å². The van der Waals surface area contributed by atoms with Crippen molar-refractivity contribution in [3.8, 4) is 46.0 Å². The summed E-state index contributed by atoms with van der Waals surface area (Å²) in [4.78, 5) is 0. The van der Waals surface area contributed by atoms with E-state index in [9.17, 15) is 66.4 Å². The first-order chi connectivity index (χ1) is 27.7. The molecule has 3 aliphatic heterocycles. The number of aliphatic hydroxyl groups is 8. The zero-order chi connectivity index (χ0) is 41.6. The van der Waals surface area contributed by atoms with Crippen LogP contribution in [0.3, 0.4) is 0 Å². The summed E-state index contributed by atoms with van der Waals surface area (Å²) >= 11 is 0. The third-order valence-corrected chi connectivity index (χ3v) is 10.3. The smallest absolute Gasteiger partial charge is 0.229 e. The fourth-order valence-corrected chi connectivity index (χ4v) is 7.22. The number of rotatable bonds is 10. The lowest BCUT2D eigenvalue weighted by atomic mass is 9.82. The minimum absolute atomic E-state index is 0.0224. The molecule has 0 bridgehead atoms. The van der Waals surface area contributed by atoms with Gasteiger partial charge in [0.2, 0.25) is 24.1 Å². The largest absolute Gasteiger partial charge is 0.508 e. The maximum atomic E-state index is 11.5. The van der Waals surface area contributed by atoms with Crippen LogP contribution in [0.1, 0.15) is 39.8 Å². The number of fused-ring (bicyclic) bond motifs is 1. The van der Waals surface area contributed by atoms with Crippen LogP contribution in [0.5, 0.6) is 46.0 Å². The van der Waals surface area contributed by atoms with Crippen LogP contribution >= 0.6 is 0 Å². The Morgan fingerprint density at radius 1 is 0.534 bits per heavy atom. The van der Waals surface area contributed by atoms with E-state index in [0.29, 0.717) is 16.7 Å². The molecule has 0 saturated carbocycles. The molecule has 0 aromatic heterocycles.